The molecule has 0 radical (unpaired) electrons. The van der Waals surface area contributed by atoms with Gasteiger partial charge < -0.3 is 43.3 Å². The number of nitro groups is 4. The van der Waals surface area contributed by atoms with Crippen LogP contribution >= 0.6 is 108 Å². The van der Waals surface area contributed by atoms with Crippen molar-refractivity contribution in [2.24, 2.45) is 0 Å². The van der Waals surface area contributed by atoms with Crippen LogP contribution in [0.5, 0.6) is 17.2 Å². The number of hydrogen-bond acceptors (Lipinski definition) is 20. The molecule has 0 bridgehead atoms. The zero-order valence-electron chi connectivity index (χ0n) is 70.5. The molecule has 7 rings (SSSR count). The maximum absolute atomic E-state index is 12.0. The Morgan fingerprint density at radius 1 is 0.471 bits per heavy atom. The molecular weight excluding hydrogens is 2040 g/mol. The molecule has 24 nitrogen and oxygen atoms in total. The molecule has 0 saturated heterocycles. The van der Waals surface area contributed by atoms with E-state index in [0.717, 1.165) is 79.5 Å². The Morgan fingerprint density at radius 2 is 0.756 bits per heavy atom. The molecule has 671 valence electrons. The van der Waals surface area contributed by atoms with Crippen molar-refractivity contribution in [3.05, 3.63) is 236 Å². The summed E-state index contributed by atoms with van der Waals surface area (Å²) in [6.45, 7) is 38.1. The van der Waals surface area contributed by atoms with Gasteiger partial charge in [0.05, 0.1) is 38.5 Å². The Balaban J connectivity index is -0.000000646. The number of phenolic OH excluding ortho intramolecular Hbond substituents is 3. The van der Waals surface area contributed by atoms with Crippen LogP contribution in [0.25, 0.3) is 0 Å². The summed E-state index contributed by atoms with van der Waals surface area (Å²) >= 11 is 8.99. The summed E-state index contributed by atoms with van der Waals surface area (Å²) in [6.07, 6.45) is 13.9. The zero-order chi connectivity index (χ0) is 91.9. The maximum atomic E-state index is 12.0. The number of carbonyl (C=O) groups is 3. The van der Waals surface area contributed by atoms with Gasteiger partial charge in [0.2, 0.25) is 0 Å². The fourth-order valence-electron chi connectivity index (χ4n) is 10.3. The number of benzene rings is 6. The fourth-order valence-corrected chi connectivity index (χ4v) is 12.5. The second kappa shape index (κ2) is 62.1. The van der Waals surface area contributed by atoms with Crippen molar-refractivity contribution in [2.75, 3.05) is 13.2 Å². The summed E-state index contributed by atoms with van der Waals surface area (Å²) in [7, 11) is 15.9. The molecule has 38 heteroatoms. The van der Waals surface area contributed by atoms with Gasteiger partial charge in [0, 0.05) is 65.9 Å². The van der Waals surface area contributed by atoms with Gasteiger partial charge >= 0.3 is 163 Å². The van der Waals surface area contributed by atoms with E-state index in [0.29, 0.717) is 28.6 Å². The number of non-ortho nitro benzene ring substituents is 3. The van der Waals surface area contributed by atoms with E-state index in [2.05, 4.69) is 97.1 Å². The minimum absolute atomic E-state index is 0. The Morgan fingerprint density at radius 3 is 1.00 bits per heavy atom. The van der Waals surface area contributed by atoms with Crippen LogP contribution in [-0.2, 0) is 99.9 Å². The predicted octanol–water partition coefficient (Wildman–Crippen LogP) is 25.9. The predicted molar refractivity (Wildman–Crippen MR) is 481 cm³/mol. The van der Waals surface area contributed by atoms with Crippen molar-refractivity contribution in [2.45, 2.75) is 235 Å². The molecule has 2 unspecified atom stereocenters. The van der Waals surface area contributed by atoms with Crippen LogP contribution in [0.15, 0.2) is 151 Å². The first-order valence-corrected chi connectivity index (χ1v) is 55.4. The number of phenols is 3. The number of aromatic hydroxyl groups is 3. The van der Waals surface area contributed by atoms with Gasteiger partial charge in [-0.3, -0.25) is 54.8 Å². The SMILES string of the molecule is CC(C)(C)c1ccc([N+](=O)[O-])cc1.CCCCCCC1=CC(=O)C(CCCCCC)=CC1=O.CCOP(=O)([O-])Cc1cc(C(C)(C)C)c(O)c(C(C)(C)C)c1.CCOP(=O)([O-])Cc1cc(C(C)(C)C)c(O)c(C(C)(C)C)c1.O=Cc1ccccc1[N+](=O)[O-].O=[N+]([O-])c1ccc(O)cc1.O=[N+]([O-])c1ccccc1.[Br][Fe]([Br])[Br].[Ca+2].[Cl][Cu][Cl].[Cl][Fe]([Cl])[Cl]. The fraction of sp³-hybridized carbons (Fsp3) is 0.469. The van der Waals surface area contributed by atoms with Crippen LogP contribution in [0.4, 0.5) is 22.7 Å². The monoisotopic (exact) mass is 2150 g/mol. The summed E-state index contributed by atoms with van der Waals surface area (Å²) in [5.41, 5.74) is 6.02. The van der Waals surface area contributed by atoms with Crippen molar-refractivity contribution >= 4 is 186 Å². The Bertz CT molecular complexity index is 4030. The Hall–Kier alpha value is -3.18. The third kappa shape index (κ3) is 55.8. The van der Waals surface area contributed by atoms with Crippen molar-refractivity contribution in [1.29, 1.82) is 0 Å². The Labute approximate surface area is 789 Å². The normalized spacial score (nSPS) is 12.8. The van der Waals surface area contributed by atoms with Gasteiger partial charge in [0.15, 0.2) is 17.9 Å². The van der Waals surface area contributed by atoms with Crippen LogP contribution in [0.3, 0.4) is 0 Å². The molecule has 2 atom stereocenters. The molecule has 3 N–H and O–H groups in total. The summed E-state index contributed by atoms with van der Waals surface area (Å²) < 4.78 is 33.6. The molecule has 0 heterocycles. The zero-order valence-corrected chi connectivity index (χ0v) is 86.1. The van der Waals surface area contributed by atoms with Gasteiger partial charge in [-0.25, -0.2) is 0 Å². The number of rotatable bonds is 23. The van der Waals surface area contributed by atoms with Crippen molar-refractivity contribution in [1.82, 2.24) is 0 Å². The van der Waals surface area contributed by atoms with E-state index in [1.54, 1.807) is 98.8 Å². The third-order valence-corrected chi connectivity index (χ3v) is 18.9. The quantitative estimate of drug-likeness (QED) is 0.0102. The molecule has 0 aliphatic heterocycles. The number of aldehydes is 1. The average molecular weight is 2160 g/mol. The van der Waals surface area contributed by atoms with Crippen LogP contribution in [-0.4, -0.2) is 104 Å². The molecule has 0 amide bonds. The van der Waals surface area contributed by atoms with Crippen molar-refractivity contribution in [3.8, 4) is 17.2 Å². The van der Waals surface area contributed by atoms with Gasteiger partial charge in [-0.05, 0) is 136 Å². The number of unbranched alkanes of at least 4 members (excludes halogenated alkanes) is 6. The number of hydrogen-bond donors (Lipinski definition) is 3. The van der Waals surface area contributed by atoms with Crippen LogP contribution in [0.1, 0.15) is 245 Å². The van der Waals surface area contributed by atoms with E-state index in [1.807, 2.05) is 83.1 Å². The van der Waals surface area contributed by atoms with Crippen molar-refractivity contribution in [3.63, 3.8) is 0 Å². The van der Waals surface area contributed by atoms with E-state index < -0.39 is 41.1 Å². The van der Waals surface area contributed by atoms with Crippen LogP contribution in [0.2, 0.25) is 0 Å². The van der Waals surface area contributed by atoms with Gasteiger partial charge in [-0.2, -0.15) is 0 Å². The second-order valence-corrected chi connectivity index (χ2v) is 58.2. The first-order valence-electron chi connectivity index (χ1n) is 36.6. The van der Waals surface area contributed by atoms with Gasteiger partial charge in [0.1, 0.15) is 32.4 Å². The van der Waals surface area contributed by atoms with Crippen LogP contribution in [0, 0.1) is 40.5 Å². The molecule has 0 spiro atoms. The van der Waals surface area contributed by atoms with E-state index in [9.17, 15) is 84.0 Å². The molecule has 119 heavy (non-hydrogen) atoms. The standard InChI is InChI=1S/C18H28O2.2C17H29O4P.C10H13NO2.C7H5NO3.C6H5NO3.C6H5NO2.3BrH.Ca.5ClH.Cu.2Fe/c1-3-5-7-9-11-15-13-18(20)16(14-17(15)19)12-10-8-6-4-2;2*1-8-21-22(19,20)11-12-9-13(16(2,3)4)15(18)14(10-12)17(5,6)7;1-10(2,3)8-4-6-9(7-5-8)11(12)13;9-5-6-3-1-2-4-7(6)8(10)11;8-6-3-1-5(2-4-6)7(9)10;8-7(9)6-4-2-1-3-5-6;;;;;;;;;;;;/h13-14H,3-12H2,1-2H3;2*9-10,18H,8,11H2,1-7H3,(H,19,20);4-7H,1-3H3;1-5H;1-4,8H;1-5H;3*1H;;5*1H;;;/q;;;;;;;;;;+2;;;;;;+2;2*+3/p-10. The van der Waals surface area contributed by atoms with Gasteiger partial charge in [-0.1, -0.05) is 223 Å². The molecule has 0 saturated carbocycles. The first kappa shape index (κ1) is 122. The van der Waals surface area contributed by atoms with Crippen LogP contribution < -0.4 is 9.79 Å². The van der Waals surface area contributed by atoms with E-state index in [1.165, 1.54) is 80.3 Å². The van der Waals surface area contributed by atoms with Gasteiger partial charge in [-0.15, -0.1) is 0 Å². The number of allylic oxidation sites excluding steroid dienone is 4. The topological polar surface area (TPSA) is 383 Å². The summed E-state index contributed by atoms with van der Waals surface area (Å²) in [5, 5.41) is 70.6. The van der Waals surface area contributed by atoms with E-state index in [4.69, 9.17) is 44.4 Å². The molecule has 1 aliphatic carbocycles. The number of halogens is 8. The third-order valence-electron chi connectivity index (χ3n) is 16.1. The van der Waals surface area contributed by atoms with E-state index >= 15 is 0 Å². The number of nitrogens with zero attached hydrogens (tertiary/aromatic N) is 4. The minimum atomic E-state index is -3.91. The number of nitro benzene ring substituents is 4. The summed E-state index contributed by atoms with van der Waals surface area (Å²) in [5.74, 6) is 0.658. The molecular formula is C81H112Br3CaCl5CuFe2N4O20P2. The van der Waals surface area contributed by atoms with Gasteiger partial charge in [0.25, 0.3) is 22.7 Å². The summed E-state index contributed by atoms with van der Waals surface area (Å²) in [4.78, 5) is 96.9. The first-order chi connectivity index (χ1) is 54.3. The number of ketones is 2. The van der Waals surface area contributed by atoms with E-state index in [-0.39, 0.29) is 161 Å². The molecule has 0 aromatic heterocycles. The second-order valence-electron chi connectivity index (χ2n) is 30.8. The molecule has 6 aromatic rings. The van der Waals surface area contributed by atoms with Crippen molar-refractivity contribution < 1.29 is 110 Å². The number of para-hydroxylation sites is 2. The average Bonchev–Trinajstić information content (AvgIpc) is 0.783. The number of carbonyl (C=O) groups excluding carboxylic acids is 3. The Kier molecular flexibility index (Phi) is 63.7. The molecule has 6 aromatic carbocycles. The molecule has 1 aliphatic rings. The molecule has 0 fully saturated rings. The summed E-state index contributed by atoms with van der Waals surface area (Å²) in [6, 6.07) is 32.6.